The quantitative estimate of drug-likeness (QED) is 0.680. The van der Waals surface area contributed by atoms with Crippen molar-refractivity contribution in [1.29, 1.82) is 0 Å². The van der Waals surface area contributed by atoms with Gasteiger partial charge in [-0.05, 0) is 12.3 Å². The molecule has 1 aliphatic heterocycles. The first kappa shape index (κ1) is 9.53. The number of carbonyl (C=O) groups excluding carboxylic acids is 1. The van der Waals surface area contributed by atoms with Crippen molar-refractivity contribution in [3.05, 3.63) is 0 Å². The number of thioether (sulfide) groups is 1. The molecule has 3 heteroatoms. The van der Waals surface area contributed by atoms with E-state index >= 15 is 0 Å². The highest BCUT2D eigenvalue weighted by Gasteiger charge is 2.31. The van der Waals surface area contributed by atoms with Crippen molar-refractivity contribution in [3.8, 4) is 0 Å². The molecule has 0 N–H and O–H groups in total. The Bertz CT molecular complexity index is 201. The predicted octanol–water partition coefficient (Wildman–Crippen LogP) is 1.88. The Balaban J connectivity index is 1.83. The summed E-state index contributed by atoms with van der Waals surface area (Å²) in [5, 5.41) is 1.23. The van der Waals surface area contributed by atoms with Gasteiger partial charge in [0, 0.05) is 18.1 Å². The monoisotopic (exact) mass is 200 g/mol. The molecular formula is C10H16O2S. The lowest BCUT2D eigenvalue weighted by Gasteiger charge is -2.34. The Morgan fingerprint density at radius 1 is 1.46 bits per heavy atom. The number of hydrogen-bond donors (Lipinski definition) is 0. The van der Waals surface area contributed by atoms with Crippen LogP contribution in [-0.4, -0.2) is 29.5 Å². The molecule has 0 aromatic rings. The third-order valence-electron chi connectivity index (χ3n) is 2.92. The fourth-order valence-corrected chi connectivity index (χ4v) is 3.35. The lowest BCUT2D eigenvalue weighted by Crippen LogP contribution is -2.35. The SMILES string of the molecule is CC1CCC(=O)CC1SC1COC1. The van der Waals surface area contributed by atoms with Crippen LogP contribution in [-0.2, 0) is 9.53 Å². The van der Waals surface area contributed by atoms with Crippen molar-refractivity contribution < 1.29 is 9.53 Å². The zero-order valence-corrected chi connectivity index (χ0v) is 8.81. The number of carbonyl (C=O) groups is 1. The standard InChI is InChI=1S/C10H16O2S/c1-7-2-3-8(11)4-10(7)13-9-5-12-6-9/h7,9-10H,2-6H2,1H3. The van der Waals surface area contributed by atoms with Crippen molar-refractivity contribution in [1.82, 2.24) is 0 Å². The molecule has 0 bridgehead atoms. The van der Waals surface area contributed by atoms with E-state index in [2.05, 4.69) is 6.92 Å². The van der Waals surface area contributed by atoms with Crippen LogP contribution in [0.15, 0.2) is 0 Å². The van der Waals surface area contributed by atoms with Gasteiger partial charge >= 0.3 is 0 Å². The van der Waals surface area contributed by atoms with Gasteiger partial charge in [-0.3, -0.25) is 4.79 Å². The van der Waals surface area contributed by atoms with E-state index in [0.29, 0.717) is 22.2 Å². The molecule has 2 fully saturated rings. The van der Waals surface area contributed by atoms with E-state index in [4.69, 9.17) is 4.74 Å². The van der Waals surface area contributed by atoms with Crippen LogP contribution in [0.3, 0.4) is 0 Å². The molecule has 0 radical (unpaired) electrons. The van der Waals surface area contributed by atoms with Gasteiger partial charge in [-0.2, -0.15) is 0 Å². The molecule has 0 amide bonds. The van der Waals surface area contributed by atoms with E-state index in [1.807, 2.05) is 11.8 Å². The minimum Gasteiger partial charge on any atom is -0.379 e. The fraction of sp³-hybridized carbons (Fsp3) is 0.900. The maximum absolute atomic E-state index is 11.3. The van der Waals surface area contributed by atoms with Gasteiger partial charge in [0.25, 0.3) is 0 Å². The topological polar surface area (TPSA) is 26.3 Å². The second-order valence-electron chi connectivity index (χ2n) is 4.09. The molecular weight excluding hydrogens is 184 g/mol. The first-order valence-corrected chi connectivity index (χ1v) is 5.95. The molecule has 2 nitrogen and oxygen atoms in total. The summed E-state index contributed by atoms with van der Waals surface area (Å²) in [6.45, 7) is 4.05. The van der Waals surface area contributed by atoms with Gasteiger partial charge in [0.1, 0.15) is 5.78 Å². The zero-order valence-electron chi connectivity index (χ0n) is 7.99. The third kappa shape index (κ3) is 2.26. The minimum absolute atomic E-state index is 0.454. The van der Waals surface area contributed by atoms with Crippen LogP contribution < -0.4 is 0 Å². The highest BCUT2D eigenvalue weighted by Crippen LogP contribution is 2.35. The largest absolute Gasteiger partial charge is 0.379 e. The van der Waals surface area contributed by atoms with Crippen molar-refractivity contribution in [2.75, 3.05) is 13.2 Å². The van der Waals surface area contributed by atoms with E-state index < -0.39 is 0 Å². The van der Waals surface area contributed by atoms with Crippen molar-refractivity contribution in [2.24, 2.45) is 5.92 Å². The minimum atomic E-state index is 0.454. The summed E-state index contributed by atoms with van der Waals surface area (Å²) in [7, 11) is 0. The highest BCUT2D eigenvalue weighted by molar-refractivity contribution is 8.00. The molecule has 0 aromatic heterocycles. The van der Waals surface area contributed by atoms with Gasteiger partial charge in [-0.25, -0.2) is 0 Å². The molecule has 74 valence electrons. The summed E-state index contributed by atoms with van der Waals surface area (Å²) in [5.74, 6) is 1.17. The molecule has 0 aromatic carbocycles. The van der Waals surface area contributed by atoms with Crippen molar-refractivity contribution >= 4 is 17.5 Å². The maximum Gasteiger partial charge on any atom is 0.134 e. The average molecular weight is 200 g/mol. The molecule has 13 heavy (non-hydrogen) atoms. The average Bonchev–Trinajstić information content (AvgIpc) is 2.03. The zero-order chi connectivity index (χ0) is 9.26. The van der Waals surface area contributed by atoms with E-state index in [-0.39, 0.29) is 0 Å². The van der Waals surface area contributed by atoms with E-state index in [9.17, 15) is 4.79 Å². The first-order valence-electron chi connectivity index (χ1n) is 5.00. The number of ketones is 1. The van der Waals surface area contributed by atoms with Crippen molar-refractivity contribution in [3.63, 3.8) is 0 Å². The second-order valence-corrected chi connectivity index (χ2v) is 5.64. The van der Waals surface area contributed by atoms with Gasteiger partial charge in [0.15, 0.2) is 0 Å². The van der Waals surface area contributed by atoms with Crippen LogP contribution in [0.1, 0.15) is 26.2 Å². The van der Waals surface area contributed by atoms with E-state index in [1.54, 1.807) is 0 Å². The van der Waals surface area contributed by atoms with Gasteiger partial charge in [-0.15, -0.1) is 11.8 Å². The maximum atomic E-state index is 11.3. The Labute approximate surface area is 83.4 Å². The lowest BCUT2D eigenvalue weighted by molar-refractivity contribution is -0.120. The molecule has 2 unspecified atom stereocenters. The van der Waals surface area contributed by atoms with E-state index in [1.165, 1.54) is 0 Å². The summed E-state index contributed by atoms with van der Waals surface area (Å²) in [4.78, 5) is 11.3. The van der Waals surface area contributed by atoms with Crippen LogP contribution in [0.2, 0.25) is 0 Å². The molecule has 1 heterocycles. The summed E-state index contributed by atoms with van der Waals surface area (Å²) in [6.07, 6.45) is 2.69. The second kappa shape index (κ2) is 4.01. The molecule has 0 spiro atoms. The Morgan fingerprint density at radius 3 is 2.85 bits per heavy atom. The van der Waals surface area contributed by atoms with Crippen LogP contribution in [0.25, 0.3) is 0 Å². The molecule has 1 aliphatic carbocycles. The Morgan fingerprint density at radius 2 is 2.23 bits per heavy atom. The number of hydrogen-bond acceptors (Lipinski definition) is 3. The Kier molecular flexibility index (Phi) is 2.94. The first-order chi connectivity index (χ1) is 6.25. The lowest BCUT2D eigenvalue weighted by atomic mass is 9.89. The van der Waals surface area contributed by atoms with Crippen LogP contribution in [0, 0.1) is 5.92 Å². The van der Waals surface area contributed by atoms with Gasteiger partial charge < -0.3 is 4.74 Å². The van der Waals surface area contributed by atoms with Gasteiger partial charge in [-0.1, -0.05) is 6.92 Å². The molecule has 1 saturated carbocycles. The van der Waals surface area contributed by atoms with Crippen LogP contribution in [0.4, 0.5) is 0 Å². The predicted molar refractivity (Wildman–Crippen MR) is 54.0 cm³/mol. The normalized spacial score (nSPS) is 35.9. The van der Waals surface area contributed by atoms with Gasteiger partial charge in [0.2, 0.25) is 0 Å². The summed E-state index contributed by atoms with van der Waals surface area (Å²) in [5.41, 5.74) is 0. The van der Waals surface area contributed by atoms with Crippen LogP contribution in [0.5, 0.6) is 0 Å². The number of rotatable bonds is 2. The van der Waals surface area contributed by atoms with E-state index in [0.717, 1.165) is 32.5 Å². The molecule has 2 aliphatic rings. The van der Waals surface area contributed by atoms with Crippen molar-refractivity contribution in [2.45, 2.75) is 36.7 Å². The fourth-order valence-electron chi connectivity index (χ4n) is 1.82. The molecule has 2 rings (SSSR count). The summed E-state index contributed by atoms with van der Waals surface area (Å²) in [6, 6.07) is 0. The third-order valence-corrected chi connectivity index (χ3v) is 4.55. The highest BCUT2D eigenvalue weighted by atomic mass is 32.2. The van der Waals surface area contributed by atoms with Crippen LogP contribution >= 0.6 is 11.8 Å². The molecule has 2 atom stereocenters. The summed E-state index contributed by atoms with van der Waals surface area (Å²) < 4.78 is 5.13. The number of ether oxygens (including phenoxy) is 1. The number of Topliss-reactive ketones (excluding diaryl/α,β-unsaturated/α-hetero) is 1. The molecule has 1 saturated heterocycles. The Hall–Kier alpha value is -0.0200. The summed E-state index contributed by atoms with van der Waals surface area (Å²) >= 11 is 1.97. The smallest absolute Gasteiger partial charge is 0.134 e. The van der Waals surface area contributed by atoms with Gasteiger partial charge in [0.05, 0.1) is 18.5 Å².